The molecule has 2 aliphatic heterocycles. The van der Waals surface area contributed by atoms with Crippen LogP contribution < -0.4 is 10.5 Å². The number of aromatic nitrogens is 2. The van der Waals surface area contributed by atoms with Crippen molar-refractivity contribution in [2.24, 2.45) is 0 Å². The number of amides is 1. The predicted octanol–water partition coefficient (Wildman–Crippen LogP) is 1.34. The van der Waals surface area contributed by atoms with E-state index in [4.69, 9.17) is 0 Å². The van der Waals surface area contributed by atoms with Crippen molar-refractivity contribution in [2.45, 2.75) is 18.9 Å². The normalized spacial score (nSPS) is 21.0. The van der Waals surface area contributed by atoms with Gasteiger partial charge in [-0.15, -0.1) is 0 Å². The molecule has 2 saturated heterocycles. The Morgan fingerprint density at radius 3 is 2.54 bits per heavy atom. The molecule has 1 unspecified atom stereocenters. The second-order valence-electron chi connectivity index (χ2n) is 7.34. The van der Waals surface area contributed by atoms with Crippen LogP contribution in [0.4, 0.5) is 10.1 Å². The summed E-state index contributed by atoms with van der Waals surface area (Å²) in [4.78, 5) is 36.9. The largest absolute Gasteiger partial charge is 0.369 e. The van der Waals surface area contributed by atoms with E-state index in [-0.39, 0.29) is 23.0 Å². The summed E-state index contributed by atoms with van der Waals surface area (Å²) in [6.07, 6.45) is 4.55. The van der Waals surface area contributed by atoms with Crippen LogP contribution in [0.5, 0.6) is 0 Å². The van der Waals surface area contributed by atoms with Gasteiger partial charge in [-0.2, -0.15) is 0 Å². The molecule has 1 aromatic heterocycles. The Bertz CT molecular complexity index is 856. The number of likely N-dealkylation sites (tertiary alicyclic amines) is 1. The van der Waals surface area contributed by atoms with Gasteiger partial charge in [0.25, 0.3) is 11.5 Å². The van der Waals surface area contributed by atoms with E-state index >= 15 is 0 Å². The van der Waals surface area contributed by atoms with Crippen LogP contribution in [0.2, 0.25) is 0 Å². The highest BCUT2D eigenvalue weighted by atomic mass is 19.1. The van der Waals surface area contributed by atoms with Gasteiger partial charge >= 0.3 is 0 Å². The first-order chi connectivity index (χ1) is 13.6. The van der Waals surface area contributed by atoms with E-state index < -0.39 is 0 Å². The van der Waals surface area contributed by atoms with E-state index in [1.54, 1.807) is 0 Å². The Morgan fingerprint density at radius 2 is 1.86 bits per heavy atom. The highest BCUT2D eigenvalue weighted by Crippen LogP contribution is 2.22. The standard InChI is InChI=1S/C20H24FN5O2/c21-15-3-5-16(6-4-15)24-8-10-25(11-9-24)17-2-1-7-26(14-17)20(28)18-12-23-19(27)13-22-18/h3-6,12-13,17H,1-2,7-11,14H2,(H,23,27). The Morgan fingerprint density at radius 1 is 1.11 bits per heavy atom. The Hall–Kier alpha value is -2.74. The van der Waals surface area contributed by atoms with Crippen molar-refractivity contribution in [1.29, 1.82) is 0 Å². The first kappa shape index (κ1) is 18.6. The third-order valence-electron chi connectivity index (χ3n) is 5.60. The third kappa shape index (κ3) is 4.06. The van der Waals surface area contributed by atoms with E-state index in [1.165, 1.54) is 18.3 Å². The number of rotatable bonds is 3. The molecular formula is C20H24FN5O2. The number of aromatic amines is 1. The molecule has 148 valence electrons. The Labute approximate surface area is 162 Å². The molecule has 8 heteroatoms. The van der Waals surface area contributed by atoms with Crippen LogP contribution in [0.25, 0.3) is 0 Å². The maximum Gasteiger partial charge on any atom is 0.274 e. The predicted molar refractivity (Wildman–Crippen MR) is 104 cm³/mol. The lowest BCUT2D eigenvalue weighted by atomic mass is 10.0. The van der Waals surface area contributed by atoms with Crippen molar-refractivity contribution >= 4 is 11.6 Å². The summed E-state index contributed by atoms with van der Waals surface area (Å²) < 4.78 is 13.1. The molecule has 2 aliphatic rings. The average molecular weight is 385 g/mol. The molecule has 1 aromatic carbocycles. The molecule has 0 saturated carbocycles. The number of nitrogens with one attached hydrogen (secondary N) is 1. The zero-order chi connectivity index (χ0) is 19.5. The number of piperazine rings is 1. The summed E-state index contributed by atoms with van der Waals surface area (Å²) in [6.45, 7) is 5.00. The van der Waals surface area contributed by atoms with Gasteiger partial charge in [0.2, 0.25) is 0 Å². The van der Waals surface area contributed by atoms with Gasteiger partial charge in [0.15, 0.2) is 0 Å². The molecule has 0 aliphatic carbocycles. The van der Waals surface area contributed by atoms with E-state index in [2.05, 4.69) is 19.8 Å². The van der Waals surface area contributed by atoms with Crippen LogP contribution >= 0.6 is 0 Å². The second-order valence-corrected chi connectivity index (χ2v) is 7.34. The van der Waals surface area contributed by atoms with Crippen molar-refractivity contribution in [2.75, 3.05) is 44.2 Å². The fourth-order valence-electron chi connectivity index (χ4n) is 4.06. The molecular weight excluding hydrogens is 361 g/mol. The van der Waals surface area contributed by atoms with Crippen LogP contribution in [-0.4, -0.2) is 71.0 Å². The zero-order valence-corrected chi connectivity index (χ0v) is 15.7. The monoisotopic (exact) mass is 385 g/mol. The lowest BCUT2D eigenvalue weighted by Gasteiger charge is -2.43. The number of piperidine rings is 1. The van der Waals surface area contributed by atoms with E-state index in [9.17, 15) is 14.0 Å². The van der Waals surface area contributed by atoms with Crippen LogP contribution in [0.1, 0.15) is 23.3 Å². The van der Waals surface area contributed by atoms with E-state index in [0.29, 0.717) is 19.1 Å². The molecule has 0 spiro atoms. The van der Waals surface area contributed by atoms with Gasteiger partial charge in [0, 0.05) is 57.2 Å². The first-order valence-corrected chi connectivity index (χ1v) is 9.69. The number of benzene rings is 1. The summed E-state index contributed by atoms with van der Waals surface area (Å²) >= 11 is 0. The molecule has 2 fully saturated rings. The number of hydrogen-bond donors (Lipinski definition) is 1. The minimum Gasteiger partial charge on any atom is -0.369 e. The fourth-order valence-corrected chi connectivity index (χ4v) is 4.06. The summed E-state index contributed by atoms with van der Waals surface area (Å²) in [5.41, 5.74) is 1.01. The first-order valence-electron chi connectivity index (χ1n) is 9.69. The van der Waals surface area contributed by atoms with Gasteiger partial charge < -0.3 is 14.8 Å². The minimum atomic E-state index is -0.313. The van der Waals surface area contributed by atoms with Crippen molar-refractivity contribution in [1.82, 2.24) is 19.8 Å². The molecule has 4 rings (SSSR count). The van der Waals surface area contributed by atoms with Gasteiger partial charge in [-0.25, -0.2) is 9.37 Å². The molecule has 28 heavy (non-hydrogen) atoms. The van der Waals surface area contributed by atoms with Gasteiger partial charge in [0.1, 0.15) is 11.5 Å². The van der Waals surface area contributed by atoms with Gasteiger partial charge in [-0.05, 0) is 37.1 Å². The number of anilines is 1. The number of halogens is 1. The average Bonchev–Trinajstić information content (AvgIpc) is 2.75. The van der Waals surface area contributed by atoms with Crippen LogP contribution in [-0.2, 0) is 0 Å². The number of H-pyrrole nitrogens is 1. The maximum absolute atomic E-state index is 13.1. The Kier molecular flexibility index (Phi) is 5.38. The van der Waals surface area contributed by atoms with Crippen molar-refractivity contribution < 1.29 is 9.18 Å². The second kappa shape index (κ2) is 8.10. The summed E-state index contributed by atoms with van der Waals surface area (Å²) in [5.74, 6) is -0.350. The molecule has 1 atom stereocenters. The summed E-state index contributed by atoms with van der Waals surface area (Å²) in [5, 5.41) is 0. The number of carbonyl (C=O) groups excluding carboxylic acids is 1. The van der Waals surface area contributed by atoms with E-state index in [0.717, 1.165) is 50.9 Å². The molecule has 7 nitrogen and oxygen atoms in total. The smallest absolute Gasteiger partial charge is 0.274 e. The van der Waals surface area contributed by atoms with Crippen molar-refractivity contribution in [3.63, 3.8) is 0 Å². The van der Waals surface area contributed by atoms with Gasteiger partial charge in [0.05, 0.1) is 6.20 Å². The maximum atomic E-state index is 13.1. The molecule has 2 aromatic rings. The highest BCUT2D eigenvalue weighted by Gasteiger charge is 2.30. The number of hydrogen-bond acceptors (Lipinski definition) is 5. The third-order valence-corrected chi connectivity index (χ3v) is 5.60. The van der Waals surface area contributed by atoms with Crippen molar-refractivity contribution in [3.8, 4) is 0 Å². The summed E-state index contributed by atoms with van der Waals surface area (Å²) in [7, 11) is 0. The van der Waals surface area contributed by atoms with E-state index in [1.807, 2.05) is 17.0 Å². The van der Waals surface area contributed by atoms with Gasteiger partial charge in [-0.1, -0.05) is 0 Å². The molecule has 0 bridgehead atoms. The van der Waals surface area contributed by atoms with Crippen LogP contribution in [0.15, 0.2) is 41.5 Å². The molecule has 0 radical (unpaired) electrons. The molecule has 3 heterocycles. The summed E-state index contributed by atoms with van der Waals surface area (Å²) in [6, 6.07) is 6.97. The van der Waals surface area contributed by atoms with Crippen molar-refractivity contribution in [3.05, 3.63) is 58.5 Å². The lowest BCUT2D eigenvalue weighted by Crippen LogP contribution is -2.56. The lowest BCUT2D eigenvalue weighted by molar-refractivity contribution is 0.0557. The quantitative estimate of drug-likeness (QED) is 0.863. The highest BCUT2D eigenvalue weighted by molar-refractivity contribution is 5.92. The zero-order valence-electron chi connectivity index (χ0n) is 15.7. The SMILES string of the molecule is O=C(c1c[nH]c(=O)cn1)N1CCCC(N2CCN(c3ccc(F)cc3)CC2)C1. The van der Waals surface area contributed by atoms with Crippen LogP contribution in [0, 0.1) is 5.82 Å². The van der Waals surface area contributed by atoms with Gasteiger partial charge in [-0.3, -0.25) is 14.5 Å². The minimum absolute atomic E-state index is 0.133. The number of nitrogens with zero attached hydrogens (tertiary/aromatic N) is 4. The van der Waals surface area contributed by atoms with Crippen LogP contribution in [0.3, 0.4) is 0 Å². The molecule has 1 N–H and O–H groups in total. The number of carbonyl (C=O) groups is 1. The topological polar surface area (TPSA) is 72.5 Å². The fraction of sp³-hybridized carbons (Fsp3) is 0.450. The molecule has 1 amide bonds. The Balaban J connectivity index is 1.35.